The molecule has 0 unspecified atom stereocenters. The van der Waals surface area contributed by atoms with Crippen molar-refractivity contribution in [2.24, 2.45) is 5.73 Å². The number of rotatable bonds is 6. The Labute approximate surface area is 93.0 Å². The highest BCUT2D eigenvalue weighted by molar-refractivity contribution is 5.64. The fourth-order valence-electron chi connectivity index (χ4n) is 1.03. The first kappa shape index (κ1) is 12.4. The second-order valence-electron chi connectivity index (χ2n) is 3.04. The van der Waals surface area contributed by atoms with Crippen LogP contribution in [0.2, 0.25) is 0 Å². The molecule has 6 nitrogen and oxygen atoms in total. The van der Waals surface area contributed by atoms with Crippen molar-refractivity contribution in [3.8, 4) is 0 Å². The molecular formula is C10H14N2O4. The van der Waals surface area contributed by atoms with Crippen molar-refractivity contribution in [2.75, 3.05) is 13.2 Å². The summed E-state index contributed by atoms with van der Waals surface area (Å²) in [6, 6.07) is 3.53. The lowest BCUT2D eigenvalue weighted by molar-refractivity contribution is 0.0680. The molecule has 1 rings (SSSR count). The minimum atomic E-state index is -0.808. The number of aromatic nitrogens is 1. The van der Waals surface area contributed by atoms with E-state index in [0.29, 0.717) is 12.3 Å². The first-order valence-corrected chi connectivity index (χ1v) is 4.77. The molecule has 0 aromatic carbocycles. The topological polar surface area (TPSA) is 94.7 Å². The number of hydrogen-bond donors (Lipinski definition) is 2. The van der Waals surface area contributed by atoms with E-state index in [2.05, 4.69) is 9.72 Å². The van der Waals surface area contributed by atoms with Crippen LogP contribution in [0.4, 0.5) is 4.79 Å². The number of aliphatic hydroxyl groups is 1. The maximum Gasteiger partial charge on any atom is 0.404 e. The molecule has 0 aliphatic carbocycles. The third-order valence-electron chi connectivity index (χ3n) is 1.79. The van der Waals surface area contributed by atoms with Gasteiger partial charge in [-0.25, -0.2) is 4.79 Å². The van der Waals surface area contributed by atoms with Gasteiger partial charge in [0.1, 0.15) is 6.61 Å². The van der Waals surface area contributed by atoms with Crippen molar-refractivity contribution in [3.63, 3.8) is 0 Å². The zero-order chi connectivity index (χ0) is 11.8. The van der Waals surface area contributed by atoms with Gasteiger partial charge in [0.25, 0.3) is 0 Å². The summed E-state index contributed by atoms with van der Waals surface area (Å²) in [7, 11) is 0. The maximum atomic E-state index is 10.2. The van der Waals surface area contributed by atoms with Crippen LogP contribution in [0.5, 0.6) is 0 Å². The fraction of sp³-hybridized carbons (Fsp3) is 0.400. The predicted octanol–water partition coefficient (Wildman–Crippen LogP) is 0.186. The van der Waals surface area contributed by atoms with E-state index in [-0.39, 0.29) is 19.8 Å². The van der Waals surface area contributed by atoms with Gasteiger partial charge in [0.2, 0.25) is 0 Å². The average molecular weight is 226 g/mol. The van der Waals surface area contributed by atoms with Crippen LogP contribution in [0.25, 0.3) is 0 Å². The van der Waals surface area contributed by atoms with Gasteiger partial charge < -0.3 is 20.3 Å². The van der Waals surface area contributed by atoms with E-state index in [1.54, 1.807) is 12.3 Å². The number of nitrogens with zero attached hydrogens (tertiary/aromatic N) is 1. The average Bonchev–Trinajstić information content (AvgIpc) is 2.29. The number of carbonyl (C=O) groups is 1. The molecule has 0 saturated carbocycles. The van der Waals surface area contributed by atoms with Crippen LogP contribution < -0.4 is 5.73 Å². The molecule has 0 aliphatic rings. The lowest BCUT2D eigenvalue weighted by atomic mass is 10.2. The van der Waals surface area contributed by atoms with Gasteiger partial charge in [-0.15, -0.1) is 0 Å². The van der Waals surface area contributed by atoms with Gasteiger partial charge in [0, 0.05) is 6.20 Å². The third kappa shape index (κ3) is 4.72. The van der Waals surface area contributed by atoms with E-state index in [4.69, 9.17) is 15.6 Å². The standard InChI is InChI=1S/C10H14N2O4/c11-10(14)16-4-3-15-7-8-1-2-9(6-13)12-5-8/h1-2,5,13H,3-4,6-7H2,(H2,11,14). The third-order valence-corrected chi connectivity index (χ3v) is 1.79. The molecule has 0 bridgehead atoms. The van der Waals surface area contributed by atoms with Crippen LogP contribution in [0, 0.1) is 0 Å². The molecule has 1 aromatic heterocycles. The number of hydrogen-bond acceptors (Lipinski definition) is 5. The molecule has 0 atom stereocenters. The quantitative estimate of drug-likeness (QED) is 0.675. The first-order chi connectivity index (χ1) is 7.72. The Morgan fingerprint density at radius 3 is 2.81 bits per heavy atom. The van der Waals surface area contributed by atoms with Crippen LogP contribution in [0.15, 0.2) is 18.3 Å². The van der Waals surface area contributed by atoms with Crippen LogP contribution in [0.3, 0.4) is 0 Å². The van der Waals surface area contributed by atoms with Gasteiger partial charge in [-0.1, -0.05) is 6.07 Å². The van der Waals surface area contributed by atoms with Gasteiger partial charge in [0.15, 0.2) is 0 Å². The van der Waals surface area contributed by atoms with Crippen LogP contribution in [0.1, 0.15) is 11.3 Å². The predicted molar refractivity (Wildman–Crippen MR) is 55.4 cm³/mol. The number of ether oxygens (including phenoxy) is 2. The molecule has 1 amide bonds. The molecule has 1 aromatic rings. The minimum Gasteiger partial charge on any atom is -0.447 e. The first-order valence-electron chi connectivity index (χ1n) is 4.77. The van der Waals surface area contributed by atoms with Crippen molar-refractivity contribution in [1.29, 1.82) is 0 Å². The number of carbonyl (C=O) groups excluding carboxylic acids is 1. The lowest BCUT2D eigenvalue weighted by Crippen LogP contribution is -2.16. The summed E-state index contributed by atoms with van der Waals surface area (Å²) >= 11 is 0. The van der Waals surface area contributed by atoms with Crippen molar-refractivity contribution >= 4 is 6.09 Å². The number of aliphatic hydroxyl groups excluding tert-OH is 1. The molecule has 3 N–H and O–H groups in total. The Hall–Kier alpha value is -1.66. The normalized spacial score (nSPS) is 10.1. The van der Waals surface area contributed by atoms with Gasteiger partial charge >= 0.3 is 6.09 Å². The van der Waals surface area contributed by atoms with E-state index >= 15 is 0 Å². The highest BCUT2D eigenvalue weighted by Crippen LogP contribution is 2.01. The van der Waals surface area contributed by atoms with Crippen LogP contribution in [-0.2, 0) is 22.7 Å². The van der Waals surface area contributed by atoms with E-state index in [1.807, 2.05) is 6.07 Å². The summed E-state index contributed by atoms with van der Waals surface area (Å²) in [5.74, 6) is 0. The van der Waals surface area contributed by atoms with Gasteiger partial charge in [-0.05, 0) is 11.6 Å². The Morgan fingerprint density at radius 1 is 1.44 bits per heavy atom. The Kier molecular flexibility index (Phi) is 5.24. The second kappa shape index (κ2) is 6.76. The summed E-state index contributed by atoms with van der Waals surface area (Å²) in [6.07, 6.45) is 0.818. The summed E-state index contributed by atoms with van der Waals surface area (Å²) in [6.45, 7) is 0.719. The summed E-state index contributed by atoms with van der Waals surface area (Å²) < 4.78 is 9.69. The molecule has 16 heavy (non-hydrogen) atoms. The molecule has 0 radical (unpaired) electrons. The van der Waals surface area contributed by atoms with Gasteiger partial charge in [-0.2, -0.15) is 0 Å². The van der Waals surface area contributed by atoms with Crippen LogP contribution in [-0.4, -0.2) is 29.4 Å². The highest BCUT2D eigenvalue weighted by Gasteiger charge is 1.97. The second-order valence-corrected chi connectivity index (χ2v) is 3.04. The maximum absolute atomic E-state index is 10.2. The SMILES string of the molecule is NC(=O)OCCOCc1ccc(CO)nc1. The molecule has 6 heteroatoms. The Balaban J connectivity index is 2.19. The number of amides is 1. The van der Waals surface area contributed by atoms with Crippen molar-refractivity contribution < 1.29 is 19.4 Å². The van der Waals surface area contributed by atoms with E-state index < -0.39 is 6.09 Å². The Morgan fingerprint density at radius 2 is 2.25 bits per heavy atom. The minimum absolute atomic E-state index is 0.0758. The van der Waals surface area contributed by atoms with E-state index in [9.17, 15) is 4.79 Å². The largest absolute Gasteiger partial charge is 0.447 e. The lowest BCUT2D eigenvalue weighted by Gasteiger charge is -2.04. The summed E-state index contributed by atoms with van der Waals surface area (Å²) in [5, 5.41) is 8.77. The summed E-state index contributed by atoms with van der Waals surface area (Å²) in [5.41, 5.74) is 6.26. The number of pyridine rings is 1. The van der Waals surface area contributed by atoms with Crippen LogP contribution >= 0.6 is 0 Å². The van der Waals surface area contributed by atoms with E-state index in [1.165, 1.54) is 0 Å². The zero-order valence-electron chi connectivity index (χ0n) is 8.76. The molecule has 0 spiro atoms. The Bertz CT molecular complexity index is 326. The van der Waals surface area contributed by atoms with Gasteiger partial charge in [0.05, 0.1) is 25.5 Å². The number of primary amides is 1. The smallest absolute Gasteiger partial charge is 0.404 e. The molecule has 0 fully saturated rings. The van der Waals surface area contributed by atoms with Crippen molar-refractivity contribution in [2.45, 2.75) is 13.2 Å². The molecular weight excluding hydrogens is 212 g/mol. The highest BCUT2D eigenvalue weighted by atomic mass is 16.6. The molecule has 88 valence electrons. The zero-order valence-corrected chi connectivity index (χ0v) is 8.76. The molecule has 1 heterocycles. The fourth-order valence-corrected chi connectivity index (χ4v) is 1.03. The van der Waals surface area contributed by atoms with Gasteiger partial charge in [-0.3, -0.25) is 4.98 Å². The molecule has 0 saturated heterocycles. The monoisotopic (exact) mass is 226 g/mol. The van der Waals surface area contributed by atoms with Crippen molar-refractivity contribution in [3.05, 3.63) is 29.6 Å². The van der Waals surface area contributed by atoms with E-state index in [0.717, 1.165) is 5.56 Å². The van der Waals surface area contributed by atoms with Crippen molar-refractivity contribution in [1.82, 2.24) is 4.98 Å². The number of nitrogens with two attached hydrogens (primary N) is 1. The molecule has 0 aliphatic heterocycles. The summed E-state index contributed by atoms with van der Waals surface area (Å²) in [4.78, 5) is 14.2.